The molecule has 9 heteroatoms. The van der Waals surface area contributed by atoms with Crippen molar-refractivity contribution in [3.63, 3.8) is 0 Å². The van der Waals surface area contributed by atoms with Crippen molar-refractivity contribution >= 4 is 15.9 Å². The van der Waals surface area contributed by atoms with E-state index in [1.807, 2.05) is 0 Å². The van der Waals surface area contributed by atoms with E-state index >= 15 is 0 Å². The third-order valence-corrected chi connectivity index (χ3v) is 6.39. The zero-order chi connectivity index (χ0) is 20.1. The minimum Gasteiger partial charge on any atom is -0.490 e. The van der Waals surface area contributed by atoms with Crippen LogP contribution in [0.1, 0.15) is 6.42 Å². The third-order valence-electron chi connectivity index (χ3n) is 4.46. The molecule has 1 aliphatic rings. The Balaban J connectivity index is 1.51. The Kier molecular flexibility index (Phi) is 6.25. The Bertz CT molecular complexity index is 944. The average molecular weight is 410 g/mol. The Morgan fingerprint density at radius 3 is 2.18 bits per heavy atom. The summed E-state index contributed by atoms with van der Waals surface area (Å²) in [4.78, 5) is 13.4. The van der Waals surface area contributed by atoms with Crippen molar-refractivity contribution in [3.05, 3.63) is 60.2 Å². The highest BCUT2D eigenvalue weighted by atomic mass is 32.2. The van der Waals surface area contributed by atoms with Gasteiger partial charge >= 0.3 is 0 Å². The van der Waals surface area contributed by atoms with Gasteiger partial charge in [-0.05, 0) is 24.3 Å². The molecule has 2 aromatic carbocycles. The van der Waals surface area contributed by atoms with Gasteiger partial charge in [0.2, 0.25) is 15.9 Å². The highest BCUT2D eigenvalue weighted by Crippen LogP contribution is 2.21. The number of benzene rings is 2. The lowest BCUT2D eigenvalue weighted by atomic mass is 10.3. The normalized spacial score (nSPS) is 15.4. The maximum atomic E-state index is 13.8. The number of amides is 1. The number of nitrogens with zero attached hydrogens (tertiary/aromatic N) is 2. The minimum absolute atomic E-state index is 0.0213. The summed E-state index contributed by atoms with van der Waals surface area (Å²) in [7, 11) is -3.95. The zero-order valence-electron chi connectivity index (χ0n) is 15.1. The third kappa shape index (κ3) is 4.48. The number of piperazine rings is 1. The fraction of sp³-hybridized carbons (Fsp3) is 0.316. The lowest BCUT2D eigenvalue weighted by Crippen LogP contribution is -2.50. The van der Waals surface area contributed by atoms with Crippen LogP contribution in [-0.2, 0) is 14.8 Å². The first-order chi connectivity index (χ1) is 13.4. The summed E-state index contributed by atoms with van der Waals surface area (Å²) < 4.78 is 58.9. The molecular weight excluding hydrogens is 390 g/mol. The summed E-state index contributed by atoms with van der Waals surface area (Å²) >= 11 is 0. The predicted octanol–water partition coefficient (Wildman–Crippen LogP) is 2.27. The van der Waals surface area contributed by atoms with Gasteiger partial charge in [0.15, 0.2) is 11.6 Å². The molecular formula is C19H20F2N2O4S. The first-order valence-corrected chi connectivity index (χ1v) is 10.2. The quantitative estimate of drug-likeness (QED) is 0.733. The van der Waals surface area contributed by atoms with Gasteiger partial charge in [0.05, 0.1) is 13.0 Å². The summed E-state index contributed by atoms with van der Waals surface area (Å²) in [5, 5.41) is 0. The molecule has 150 valence electrons. The van der Waals surface area contributed by atoms with Crippen molar-refractivity contribution in [2.24, 2.45) is 0 Å². The standard InChI is InChI=1S/C19H20F2N2O4S/c20-15-5-1-3-7-17(15)27-14-9-19(24)22-10-12-23(13-11-22)28(25,26)18-8-4-2-6-16(18)21/h1-8H,9-14H2. The van der Waals surface area contributed by atoms with E-state index in [4.69, 9.17) is 4.74 Å². The Labute approximate surface area is 162 Å². The van der Waals surface area contributed by atoms with Gasteiger partial charge in [-0.1, -0.05) is 24.3 Å². The fourth-order valence-corrected chi connectivity index (χ4v) is 4.43. The Morgan fingerprint density at radius 1 is 0.929 bits per heavy atom. The van der Waals surface area contributed by atoms with Crippen LogP contribution >= 0.6 is 0 Å². The van der Waals surface area contributed by atoms with Crippen molar-refractivity contribution < 1.29 is 26.7 Å². The number of ether oxygens (including phenoxy) is 1. The molecule has 0 spiro atoms. The topological polar surface area (TPSA) is 66.9 Å². The summed E-state index contributed by atoms with van der Waals surface area (Å²) in [5.41, 5.74) is 0. The van der Waals surface area contributed by atoms with E-state index in [1.165, 1.54) is 39.5 Å². The molecule has 0 N–H and O–H groups in total. The van der Waals surface area contributed by atoms with Gasteiger partial charge in [0.1, 0.15) is 10.7 Å². The molecule has 0 atom stereocenters. The molecule has 3 rings (SSSR count). The molecule has 2 aromatic rings. The molecule has 1 fully saturated rings. The van der Waals surface area contributed by atoms with Gasteiger partial charge in [-0.25, -0.2) is 17.2 Å². The van der Waals surface area contributed by atoms with Gasteiger partial charge in [0.25, 0.3) is 0 Å². The second-order valence-corrected chi connectivity index (χ2v) is 8.15. The van der Waals surface area contributed by atoms with Crippen LogP contribution in [0.15, 0.2) is 53.4 Å². The number of hydrogen-bond acceptors (Lipinski definition) is 4. The SMILES string of the molecule is O=C(CCOc1ccccc1F)N1CCN(S(=O)(=O)c2ccccc2F)CC1. The first-order valence-electron chi connectivity index (χ1n) is 8.79. The monoisotopic (exact) mass is 410 g/mol. The fourth-order valence-electron chi connectivity index (χ4n) is 2.94. The van der Waals surface area contributed by atoms with Crippen LogP contribution < -0.4 is 4.74 Å². The van der Waals surface area contributed by atoms with Gasteiger partial charge in [-0.3, -0.25) is 4.79 Å². The van der Waals surface area contributed by atoms with Crippen molar-refractivity contribution in [1.82, 2.24) is 9.21 Å². The minimum atomic E-state index is -3.95. The molecule has 0 saturated carbocycles. The largest absolute Gasteiger partial charge is 0.490 e. The smallest absolute Gasteiger partial charge is 0.246 e. The van der Waals surface area contributed by atoms with Crippen LogP contribution in [0.3, 0.4) is 0 Å². The van der Waals surface area contributed by atoms with E-state index in [2.05, 4.69) is 0 Å². The summed E-state index contributed by atoms with van der Waals surface area (Å²) in [6.45, 7) is 0.582. The van der Waals surface area contributed by atoms with E-state index < -0.39 is 21.7 Å². The van der Waals surface area contributed by atoms with Gasteiger partial charge in [-0.15, -0.1) is 0 Å². The maximum Gasteiger partial charge on any atom is 0.246 e. The molecule has 1 saturated heterocycles. The number of halogens is 2. The number of carbonyl (C=O) groups excluding carboxylic acids is 1. The van der Waals surface area contributed by atoms with E-state index in [-0.39, 0.29) is 55.8 Å². The number of sulfonamides is 1. The lowest BCUT2D eigenvalue weighted by molar-refractivity contribution is -0.132. The summed E-state index contributed by atoms with van der Waals surface area (Å²) in [6.07, 6.45) is 0.0500. The van der Waals surface area contributed by atoms with E-state index in [0.29, 0.717) is 0 Å². The molecule has 0 radical (unpaired) electrons. The Morgan fingerprint density at radius 2 is 1.54 bits per heavy atom. The zero-order valence-corrected chi connectivity index (χ0v) is 15.9. The molecule has 28 heavy (non-hydrogen) atoms. The molecule has 6 nitrogen and oxygen atoms in total. The van der Waals surface area contributed by atoms with E-state index in [9.17, 15) is 22.0 Å². The lowest BCUT2D eigenvalue weighted by Gasteiger charge is -2.34. The number of hydrogen-bond donors (Lipinski definition) is 0. The molecule has 1 amide bonds. The van der Waals surface area contributed by atoms with Gasteiger partial charge in [-0.2, -0.15) is 4.31 Å². The van der Waals surface area contributed by atoms with Crippen molar-refractivity contribution in [3.8, 4) is 5.75 Å². The van der Waals surface area contributed by atoms with Gasteiger partial charge in [0, 0.05) is 26.2 Å². The molecule has 1 aliphatic heterocycles. The second-order valence-electron chi connectivity index (χ2n) is 6.24. The van der Waals surface area contributed by atoms with Crippen LogP contribution in [0, 0.1) is 11.6 Å². The predicted molar refractivity (Wildman–Crippen MR) is 98.3 cm³/mol. The average Bonchev–Trinajstić information content (AvgIpc) is 2.69. The summed E-state index contributed by atoms with van der Waals surface area (Å²) in [5.74, 6) is -1.43. The number of para-hydroxylation sites is 1. The van der Waals surface area contributed by atoms with Crippen LogP contribution in [0.5, 0.6) is 5.75 Å². The van der Waals surface area contributed by atoms with Crippen LogP contribution in [-0.4, -0.2) is 56.3 Å². The highest BCUT2D eigenvalue weighted by Gasteiger charge is 2.31. The van der Waals surface area contributed by atoms with Crippen molar-refractivity contribution in [2.75, 3.05) is 32.8 Å². The van der Waals surface area contributed by atoms with E-state index in [0.717, 1.165) is 6.07 Å². The molecule has 1 heterocycles. The van der Waals surface area contributed by atoms with Gasteiger partial charge < -0.3 is 9.64 Å². The molecule has 0 aliphatic carbocycles. The number of carbonyl (C=O) groups is 1. The van der Waals surface area contributed by atoms with Crippen molar-refractivity contribution in [1.29, 1.82) is 0 Å². The highest BCUT2D eigenvalue weighted by molar-refractivity contribution is 7.89. The second kappa shape index (κ2) is 8.66. The van der Waals surface area contributed by atoms with Crippen molar-refractivity contribution in [2.45, 2.75) is 11.3 Å². The Hall–Kier alpha value is -2.52. The molecule has 0 aromatic heterocycles. The maximum absolute atomic E-state index is 13.8. The van der Waals surface area contributed by atoms with Crippen LogP contribution in [0.25, 0.3) is 0 Å². The summed E-state index contributed by atoms with van der Waals surface area (Å²) in [6, 6.07) is 11.1. The van der Waals surface area contributed by atoms with Crippen LogP contribution in [0.4, 0.5) is 8.78 Å². The van der Waals surface area contributed by atoms with E-state index in [1.54, 1.807) is 12.1 Å². The van der Waals surface area contributed by atoms with Crippen LogP contribution in [0.2, 0.25) is 0 Å². The first kappa shape index (κ1) is 20.2. The molecule has 0 unspecified atom stereocenters. The number of rotatable bonds is 6. The molecule has 0 bridgehead atoms.